The molecule has 1 aliphatic carbocycles. The van der Waals surface area contributed by atoms with Gasteiger partial charge in [-0.2, -0.15) is 0 Å². The summed E-state index contributed by atoms with van der Waals surface area (Å²) in [5, 5.41) is 31.1. The third kappa shape index (κ3) is 3.61. The van der Waals surface area contributed by atoms with Gasteiger partial charge < -0.3 is 20.1 Å². The molecule has 5 nitrogen and oxygen atoms in total. The zero-order valence-corrected chi connectivity index (χ0v) is 17.5. The summed E-state index contributed by atoms with van der Waals surface area (Å²) in [6, 6.07) is 3.42. The second-order valence-corrected chi connectivity index (χ2v) is 9.39. The third-order valence-corrected chi connectivity index (χ3v) is 6.97. The Hall–Kier alpha value is -1.75. The molecule has 28 heavy (non-hydrogen) atoms. The van der Waals surface area contributed by atoms with Crippen LogP contribution < -0.4 is 4.74 Å². The molecule has 156 valence electrons. The van der Waals surface area contributed by atoms with Crippen LogP contribution in [-0.2, 0) is 10.2 Å². The summed E-state index contributed by atoms with van der Waals surface area (Å²) in [5.41, 5.74) is -0.186. The minimum absolute atomic E-state index is 0.0210. The first-order valence-electron chi connectivity index (χ1n) is 10.6. The lowest BCUT2D eigenvalue weighted by Gasteiger charge is -2.48. The number of aromatic hydroxyl groups is 1. The van der Waals surface area contributed by atoms with Gasteiger partial charge in [-0.05, 0) is 64.2 Å². The van der Waals surface area contributed by atoms with E-state index in [-0.39, 0.29) is 23.7 Å². The predicted molar refractivity (Wildman–Crippen MR) is 108 cm³/mol. The van der Waals surface area contributed by atoms with Gasteiger partial charge in [-0.15, -0.1) is 0 Å². The molecule has 4 atom stereocenters. The molecule has 5 heteroatoms. The number of carbonyl (C=O) groups is 1. The van der Waals surface area contributed by atoms with Crippen LogP contribution in [0.5, 0.6) is 11.5 Å². The van der Waals surface area contributed by atoms with Gasteiger partial charge in [0.25, 0.3) is 0 Å². The van der Waals surface area contributed by atoms with E-state index >= 15 is 0 Å². The smallest absolute Gasteiger partial charge is 0.313 e. The van der Waals surface area contributed by atoms with Gasteiger partial charge in [-0.1, -0.05) is 26.2 Å². The van der Waals surface area contributed by atoms with E-state index in [9.17, 15) is 20.1 Å². The van der Waals surface area contributed by atoms with Crippen molar-refractivity contribution in [2.24, 2.45) is 5.92 Å². The Morgan fingerprint density at radius 3 is 2.64 bits per heavy atom. The summed E-state index contributed by atoms with van der Waals surface area (Å²) in [6.45, 7) is 7.92. The first-order valence-corrected chi connectivity index (χ1v) is 10.6. The molecule has 1 heterocycles. The first-order chi connectivity index (χ1) is 13.1. The molecule has 0 amide bonds. The van der Waals surface area contributed by atoms with Crippen molar-refractivity contribution in [2.45, 2.75) is 95.7 Å². The number of hydrogen-bond donors (Lipinski definition) is 3. The van der Waals surface area contributed by atoms with Crippen molar-refractivity contribution in [3.63, 3.8) is 0 Å². The SMILES string of the molecule is CCCCCC(C)(C(=O)O)c1cc(O)c2c(c1)OC(C)(C)[C@@H]1CC[C@@H](O)C[C@@H]21. The Morgan fingerprint density at radius 1 is 1.29 bits per heavy atom. The van der Waals surface area contributed by atoms with E-state index in [1.807, 2.05) is 19.9 Å². The molecule has 1 fully saturated rings. The van der Waals surface area contributed by atoms with Gasteiger partial charge in [0.1, 0.15) is 17.1 Å². The Balaban J connectivity index is 2.05. The molecule has 0 aromatic heterocycles. The fraction of sp³-hybridized carbons (Fsp3) is 0.696. The minimum atomic E-state index is -1.07. The van der Waals surface area contributed by atoms with E-state index < -0.39 is 17.0 Å². The van der Waals surface area contributed by atoms with Crippen LogP contribution in [0.2, 0.25) is 0 Å². The van der Waals surface area contributed by atoms with Crippen molar-refractivity contribution in [1.82, 2.24) is 0 Å². The normalized spacial score (nSPS) is 27.8. The maximum absolute atomic E-state index is 12.1. The number of aliphatic carboxylic acids is 1. The highest BCUT2D eigenvalue weighted by molar-refractivity contribution is 5.81. The number of carboxylic acids is 1. The molecular weight excluding hydrogens is 356 g/mol. The van der Waals surface area contributed by atoms with Gasteiger partial charge in [-0.25, -0.2) is 0 Å². The van der Waals surface area contributed by atoms with E-state index in [4.69, 9.17) is 4.74 Å². The van der Waals surface area contributed by atoms with Gasteiger partial charge >= 0.3 is 5.97 Å². The number of hydrogen-bond acceptors (Lipinski definition) is 4. The van der Waals surface area contributed by atoms with Crippen LogP contribution in [0.3, 0.4) is 0 Å². The molecule has 1 saturated carbocycles. The second-order valence-electron chi connectivity index (χ2n) is 9.39. The van der Waals surface area contributed by atoms with Crippen LogP contribution >= 0.6 is 0 Å². The number of aliphatic hydroxyl groups excluding tert-OH is 1. The average molecular weight is 391 g/mol. The third-order valence-electron chi connectivity index (χ3n) is 6.97. The van der Waals surface area contributed by atoms with Crippen molar-refractivity contribution in [2.75, 3.05) is 0 Å². The number of unbranched alkanes of at least 4 members (excludes halogenated alkanes) is 2. The summed E-state index contributed by atoms with van der Waals surface area (Å²) < 4.78 is 6.31. The van der Waals surface area contributed by atoms with Crippen LogP contribution in [0.15, 0.2) is 12.1 Å². The number of ether oxygens (including phenoxy) is 1. The van der Waals surface area contributed by atoms with Gasteiger partial charge in [0, 0.05) is 17.4 Å². The highest BCUT2D eigenvalue weighted by Crippen LogP contribution is 2.55. The van der Waals surface area contributed by atoms with Crippen molar-refractivity contribution in [1.29, 1.82) is 0 Å². The molecule has 0 radical (unpaired) electrons. The van der Waals surface area contributed by atoms with Gasteiger partial charge in [0.2, 0.25) is 0 Å². The number of aliphatic hydroxyl groups is 1. The number of rotatable bonds is 6. The number of benzene rings is 1. The monoisotopic (exact) mass is 390 g/mol. The zero-order chi connectivity index (χ0) is 20.7. The Bertz CT molecular complexity index is 741. The summed E-state index contributed by atoms with van der Waals surface area (Å²) in [5.74, 6) is 0.0145. The van der Waals surface area contributed by atoms with Crippen LogP contribution in [0.25, 0.3) is 0 Å². The van der Waals surface area contributed by atoms with Crippen LogP contribution in [-0.4, -0.2) is 33.0 Å². The summed E-state index contributed by atoms with van der Waals surface area (Å²) in [4.78, 5) is 12.1. The summed E-state index contributed by atoms with van der Waals surface area (Å²) in [6.07, 6.45) is 5.16. The molecule has 2 aliphatic rings. The predicted octanol–water partition coefficient (Wildman–Crippen LogP) is 4.73. The molecule has 1 aliphatic heterocycles. The molecular formula is C23H34O5. The van der Waals surface area contributed by atoms with Gasteiger partial charge in [0.15, 0.2) is 0 Å². The van der Waals surface area contributed by atoms with E-state index in [0.29, 0.717) is 24.2 Å². The quantitative estimate of drug-likeness (QED) is 0.611. The number of fused-ring (bicyclic) bond motifs is 3. The molecule has 0 saturated heterocycles. The van der Waals surface area contributed by atoms with Crippen molar-refractivity contribution in [3.8, 4) is 11.5 Å². The average Bonchev–Trinajstić information content (AvgIpc) is 2.60. The van der Waals surface area contributed by atoms with E-state index in [1.165, 1.54) is 0 Å². The van der Waals surface area contributed by atoms with Gasteiger partial charge in [-0.3, -0.25) is 4.79 Å². The fourth-order valence-electron chi connectivity index (χ4n) is 5.15. The number of phenols is 1. The highest BCUT2D eigenvalue weighted by Gasteiger charge is 2.48. The molecule has 0 bridgehead atoms. The molecule has 1 unspecified atom stereocenters. The van der Waals surface area contributed by atoms with Crippen LogP contribution in [0.1, 0.15) is 89.7 Å². The summed E-state index contributed by atoms with van der Waals surface area (Å²) >= 11 is 0. The summed E-state index contributed by atoms with van der Waals surface area (Å²) in [7, 11) is 0. The zero-order valence-electron chi connectivity index (χ0n) is 17.5. The van der Waals surface area contributed by atoms with Gasteiger partial charge in [0.05, 0.1) is 11.5 Å². The molecule has 1 aromatic rings. The highest BCUT2D eigenvalue weighted by atomic mass is 16.5. The minimum Gasteiger partial charge on any atom is -0.508 e. The molecule has 1 aromatic carbocycles. The standard InChI is InChI=1S/C23H34O5/c1-5-6-7-10-23(4,21(26)27)14-11-18(25)20-16-13-15(24)8-9-17(16)22(2,3)28-19(20)12-14/h11-12,15-17,24-25H,5-10,13H2,1-4H3,(H,26,27)/t15-,16-,17-,23?/m1/s1. The Morgan fingerprint density at radius 2 is 2.00 bits per heavy atom. The Labute approximate surface area is 167 Å². The van der Waals surface area contributed by atoms with Crippen molar-refractivity contribution < 1.29 is 24.9 Å². The lowest BCUT2D eigenvalue weighted by Crippen LogP contribution is -2.47. The molecule has 3 rings (SSSR count). The second kappa shape index (κ2) is 7.58. The maximum Gasteiger partial charge on any atom is 0.313 e. The van der Waals surface area contributed by atoms with E-state index in [0.717, 1.165) is 37.7 Å². The molecule has 3 N–H and O–H groups in total. The van der Waals surface area contributed by atoms with Crippen LogP contribution in [0, 0.1) is 5.92 Å². The first kappa shape index (κ1) is 21.0. The topological polar surface area (TPSA) is 87.0 Å². The number of carboxylic acid groups (broad SMARTS) is 1. The largest absolute Gasteiger partial charge is 0.508 e. The lowest BCUT2D eigenvalue weighted by molar-refractivity contribution is -0.143. The van der Waals surface area contributed by atoms with Crippen molar-refractivity contribution >= 4 is 5.97 Å². The Kier molecular flexibility index (Phi) is 5.68. The van der Waals surface area contributed by atoms with E-state index in [1.54, 1.807) is 13.0 Å². The van der Waals surface area contributed by atoms with E-state index in [2.05, 4.69) is 6.92 Å². The van der Waals surface area contributed by atoms with Crippen LogP contribution in [0.4, 0.5) is 0 Å². The molecule has 0 spiro atoms. The fourth-order valence-corrected chi connectivity index (χ4v) is 5.15. The van der Waals surface area contributed by atoms with Crippen molar-refractivity contribution in [3.05, 3.63) is 23.3 Å². The number of phenolic OH excluding ortho intramolecular Hbond substituents is 1. The maximum atomic E-state index is 12.1. The lowest BCUT2D eigenvalue weighted by atomic mass is 9.65.